The first-order valence-corrected chi connectivity index (χ1v) is 5.87. The molecular weight excluding hydrogens is 228 g/mol. The third-order valence-corrected chi connectivity index (χ3v) is 3.73. The SMILES string of the molecule is O=C1C=CC2=C3C(=C4C=CC=CC4[NH+]13)C=CN2O. The molecule has 0 aromatic carbocycles. The molecule has 4 heteroatoms. The lowest BCUT2D eigenvalue weighted by atomic mass is 9.99. The highest BCUT2D eigenvalue weighted by Crippen LogP contribution is 2.32. The maximum Gasteiger partial charge on any atom is 0.342 e. The highest BCUT2D eigenvalue weighted by atomic mass is 16.5. The number of hydrogen-bond donors (Lipinski definition) is 2. The van der Waals surface area contributed by atoms with Gasteiger partial charge in [-0.15, -0.1) is 0 Å². The smallest absolute Gasteiger partial charge is 0.284 e. The molecule has 0 radical (unpaired) electrons. The zero-order valence-corrected chi connectivity index (χ0v) is 9.50. The Morgan fingerprint density at radius 1 is 1.17 bits per heavy atom. The molecule has 4 rings (SSSR count). The van der Waals surface area contributed by atoms with Gasteiger partial charge >= 0.3 is 5.91 Å². The average molecular weight is 239 g/mol. The van der Waals surface area contributed by atoms with Crippen LogP contribution in [0.3, 0.4) is 0 Å². The Labute approximate surface area is 104 Å². The van der Waals surface area contributed by atoms with Crippen LogP contribution < -0.4 is 4.90 Å². The van der Waals surface area contributed by atoms with Crippen molar-refractivity contribution in [3.8, 4) is 0 Å². The van der Waals surface area contributed by atoms with Crippen LogP contribution in [-0.2, 0) is 4.79 Å². The first-order chi connectivity index (χ1) is 8.77. The quantitative estimate of drug-likeness (QED) is 0.635. The van der Waals surface area contributed by atoms with Gasteiger partial charge in [0.1, 0.15) is 11.7 Å². The van der Waals surface area contributed by atoms with E-state index in [0.29, 0.717) is 5.70 Å². The average Bonchev–Trinajstić information content (AvgIpc) is 2.72. The van der Waals surface area contributed by atoms with Gasteiger partial charge in [0, 0.05) is 23.4 Å². The Hall–Kier alpha value is -2.17. The molecule has 18 heavy (non-hydrogen) atoms. The lowest BCUT2D eigenvalue weighted by Gasteiger charge is -2.26. The molecule has 2 atom stereocenters. The Morgan fingerprint density at radius 2 is 2.06 bits per heavy atom. The number of rotatable bonds is 0. The second-order valence-electron chi connectivity index (χ2n) is 4.62. The first kappa shape index (κ1) is 9.82. The number of quaternary nitrogens is 1. The summed E-state index contributed by atoms with van der Waals surface area (Å²) in [4.78, 5) is 12.9. The van der Waals surface area contributed by atoms with E-state index in [1.54, 1.807) is 12.3 Å². The summed E-state index contributed by atoms with van der Waals surface area (Å²) in [6.07, 6.45) is 14.7. The van der Waals surface area contributed by atoms with Crippen LogP contribution in [0.4, 0.5) is 0 Å². The molecule has 0 aromatic heterocycles. The molecule has 3 heterocycles. The van der Waals surface area contributed by atoms with Crippen LogP contribution >= 0.6 is 0 Å². The zero-order chi connectivity index (χ0) is 12.3. The van der Waals surface area contributed by atoms with Gasteiger partial charge in [0.15, 0.2) is 5.70 Å². The van der Waals surface area contributed by atoms with Crippen molar-refractivity contribution in [3.63, 3.8) is 0 Å². The van der Waals surface area contributed by atoms with Crippen molar-refractivity contribution in [1.29, 1.82) is 0 Å². The largest absolute Gasteiger partial charge is 0.342 e. The fourth-order valence-electron chi connectivity index (χ4n) is 2.97. The number of hydrogen-bond acceptors (Lipinski definition) is 3. The predicted molar refractivity (Wildman–Crippen MR) is 64.0 cm³/mol. The standard InChI is InChI=1S/C14H10N2O2/c17-13-6-5-12-14-10(7-8-15(12)18)9-3-1-2-4-11(9)16(13)14/h1-8,11,18H/p+1. The summed E-state index contributed by atoms with van der Waals surface area (Å²) in [7, 11) is 0. The van der Waals surface area contributed by atoms with E-state index in [0.717, 1.165) is 26.8 Å². The Bertz CT molecular complexity index is 647. The summed E-state index contributed by atoms with van der Waals surface area (Å²) in [5.74, 6) is 0.0369. The minimum atomic E-state index is 0.0311. The molecule has 1 aliphatic carbocycles. The third kappa shape index (κ3) is 1.04. The highest BCUT2D eigenvalue weighted by Gasteiger charge is 2.47. The molecule has 88 valence electrons. The molecule has 2 N–H and O–H groups in total. The third-order valence-electron chi connectivity index (χ3n) is 3.73. The van der Waals surface area contributed by atoms with E-state index in [1.807, 2.05) is 30.4 Å². The topological polar surface area (TPSA) is 45.0 Å². The van der Waals surface area contributed by atoms with Gasteiger partial charge in [0.25, 0.3) is 0 Å². The monoisotopic (exact) mass is 239 g/mol. The molecule has 0 fully saturated rings. The zero-order valence-electron chi connectivity index (χ0n) is 9.50. The molecule has 0 aromatic rings. The Kier molecular flexibility index (Phi) is 1.74. The van der Waals surface area contributed by atoms with Crippen molar-refractivity contribution in [3.05, 3.63) is 71.3 Å². The molecule has 3 aliphatic heterocycles. The van der Waals surface area contributed by atoms with Crippen LogP contribution in [0.1, 0.15) is 0 Å². The fraction of sp³-hybridized carbons (Fsp3) is 0.0714. The summed E-state index contributed by atoms with van der Waals surface area (Å²) in [6, 6.07) is 0.0311. The molecule has 1 amide bonds. The number of fused-ring (bicyclic) bond motifs is 2. The van der Waals surface area contributed by atoms with E-state index in [4.69, 9.17) is 0 Å². The van der Waals surface area contributed by atoms with Crippen molar-refractivity contribution in [2.75, 3.05) is 0 Å². The van der Waals surface area contributed by atoms with Gasteiger partial charge in [0.05, 0.1) is 0 Å². The van der Waals surface area contributed by atoms with Crippen molar-refractivity contribution in [2.45, 2.75) is 6.04 Å². The Balaban J connectivity index is 2.02. The molecule has 4 nitrogen and oxygen atoms in total. The maximum atomic E-state index is 12.1. The van der Waals surface area contributed by atoms with E-state index >= 15 is 0 Å². The number of amides is 1. The van der Waals surface area contributed by atoms with E-state index in [-0.39, 0.29) is 11.9 Å². The van der Waals surface area contributed by atoms with Crippen molar-refractivity contribution in [2.24, 2.45) is 0 Å². The molecule has 4 aliphatic rings. The number of allylic oxidation sites excluding steroid dienone is 4. The van der Waals surface area contributed by atoms with Gasteiger partial charge in [-0.05, 0) is 18.2 Å². The Morgan fingerprint density at radius 3 is 2.94 bits per heavy atom. The molecule has 0 saturated heterocycles. The van der Waals surface area contributed by atoms with Crippen LogP contribution in [0.15, 0.2) is 71.3 Å². The van der Waals surface area contributed by atoms with Gasteiger partial charge in [-0.1, -0.05) is 18.2 Å². The van der Waals surface area contributed by atoms with E-state index in [9.17, 15) is 10.0 Å². The van der Waals surface area contributed by atoms with Gasteiger partial charge < -0.3 is 0 Å². The summed E-state index contributed by atoms with van der Waals surface area (Å²) in [5, 5.41) is 10.9. The van der Waals surface area contributed by atoms with E-state index in [2.05, 4.69) is 0 Å². The van der Waals surface area contributed by atoms with Gasteiger partial charge in [-0.2, -0.15) is 0 Å². The van der Waals surface area contributed by atoms with Crippen LogP contribution in [0.25, 0.3) is 0 Å². The van der Waals surface area contributed by atoms with Crippen LogP contribution in [-0.4, -0.2) is 22.2 Å². The van der Waals surface area contributed by atoms with Gasteiger partial charge in [-0.25, -0.2) is 14.8 Å². The lowest BCUT2D eigenvalue weighted by Crippen LogP contribution is -3.15. The molecule has 0 spiro atoms. The first-order valence-electron chi connectivity index (χ1n) is 5.87. The molecule has 2 unspecified atom stereocenters. The maximum absolute atomic E-state index is 12.1. The summed E-state index contributed by atoms with van der Waals surface area (Å²) < 4.78 is 0. The van der Waals surface area contributed by atoms with Gasteiger partial charge in [-0.3, -0.25) is 5.21 Å². The minimum absolute atomic E-state index is 0.0311. The second kappa shape index (κ2) is 3.19. The lowest BCUT2D eigenvalue weighted by molar-refractivity contribution is -0.784. The summed E-state index contributed by atoms with van der Waals surface area (Å²) in [5.41, 5.74) is 3.75. The second-order valence-corrected chi connectivity index (χ2v) is 4.62. The summed E-state index contributed by atoms with van der Waals surface area (Å²) >= 11 is 0. The number of carbonyl (C=O) groups excluding carboxylic acids is 1. The van der Waals surface area contributed by atoms with Crippen molar-refractivity contribution < 1.29 is 14.9 Å². The minimum Gasteiger partial charge on any atom is -0.284 e. The molecule has 0 bridgehead atoms. The number of hydroxylamine groups is 2. The van der Waals surface area contributed by atoms with Crippen LogP contribution in [0.2, 0.25) is 0 Å². The van der Waals surface area contributed by atoms with Crippen LogP contribution in [0.5, 0.6) is 0 Å². The number of nitrogens with zero attached hydrogens (tertiary/aromatic N) is 1. The van der Waals surface area contributed by atoms with E-state index < -0.39 is 0 Å². The van der Waals surface area contributed by atoms with Gasteiger partial charge in [0.2, 0.25) is 0 Å². The predicted octanol–water partition coefficient (Wildman–Crippen LogP) is 0.203. The number of carbonyl (C=O) groups is 1. The fourth-order valence-corrected chi connectivity index (χ4v) is 2.97. The van der Waals surface area contributed by atoms with E-state index in [1.165, 1.54) is 6.08 Å². The van der Waals surface area contributed by atoms with Crippen LogP contribution in [0, 0.1) is 0 Å². The highest BCUT2D eigenvalue weighted by molar-refractivity contribution is 5.85. The molecule has 0 saturated carbocycles. The number of nitrogens with one attached hydrogen (secondary N) is 1. The summed E-state index contributed by atoms with van der Waals surface area (Å²) in [6.45, 7) is 0. The van der Waals surface area contributed by atoms with Crippen molar-refractivity contribution >= 4 is 5.91 Å². The molecular formula is C14H11N2O2+. The van der Waals surface area contributed by atoms with Crippen molar-refractivity contribution in [1.82, 2.24) is 5.06 Å². The normalized spacial score (nSPS) is 31.4.